The summed E-state index contributed by atoms with van der Waals surface area (Å²) < 4.78 is 5.12. The molecule has 1 aromatic heterocycles. The Kier molecular flexibility index (Phi) is 4.51. The van der Waals surface area contributed by atoms with Gasteiger partial charge in [-0.1, -0.05) is 0 Å². The number of carbonyl (C=O) groups excluding carboxylic acids is 1. The van der Waals surface area contributed by atoms with E-state index in [1.165, 1.54) is 18.0 Å². The minimum Gasteiger partial charge on any atom is -0.468 e. The monoisotopic (exact) mass is 216 g/mol. The Morgan fingerprint density at radius 3 is 3.14 bits per heavy atom. The molecule has 1 amide bonds. The smallest absolute Gasteiger partial charge is 0.268 e. The van der Waals surface area contributed by atoms with Crippen LogP contribution in [0.15, 0.2) is 16.7 Å². The van der Waals surface area contributed by atoms with Gasteiger partial charge in [-0.25, -0.2) is 5.84 Å². The van der Waals surface area contributed by atoms with Crippen molar-refractivity contribution >= 4 is 17.7 Å². The van der Waals surface area contributed by atoms with Crippen molar-refractivity contribution in [3.05, 3.63) is 23.7 Å². The van der Waals surface area contributed by atoms with Crippen molar-refractivity contribution in [1.29, 1.82) is 0 Å². The zero-order valence-electron chi connectivity index (χ0n) is 7.53. The van der Waals surface area contributed by atoms with Gasteiger partial charge in [-0.15, -0.1) is 0 Å². The molecule has 0 aliphatic heterocycles. The molecule has 0 unspecified atom stereocenters. The first-order chi connectivity index (χ1) is 6.79. The predicted octanol–water partition coefficient (Wildman–Crippen LogP) is 0.109. The van der Waals surface area contributed by atoms with E-state index in [-0.39, 0.29) is 12.5 Å². The third-order valence-electron chi connectivity index (χ3n) is 1.59. The second-order valence-electron chi connectivity index (χ2n) is 2.51. The van der Waals surface area contributed by atoms with Crippen molar-refractivity contribution in [2.45, 2.75) is 5.75 Å². The first kappa shape index (κ1) is 11.1. The maximum atomic E-state index is 11.2. The molecule has 1 heterocycles. The highest BCUT2D eigenvalue weighted by Crippen LogP contribution is 2.17. The summed E-state index contributed by atoms with van der Waals surface area (Å²) in [5, 5.41) is 8.57. The standard InChI is InChI=1S/C8H12N2O3S/c9-10-8(12)6-1-3-13-7(6)5-14-4-2-11/h1,3,11H,2,4-5,9H2,(H,10,12). The molecule has 0 bridgehead atoms. The van der Waals surface area contributed by atoms with Crippen molar-refractivity contribution < 1.29 is 14.3 Å². The van der Waals surface area contributed by atoms with Crippen LogP contribution >= 0.6 is 11.8 Å². The summed E-state index contributed by atoms with van der Waals surface area (Å²) in [7, 11) is 0. The Morgan fingerprint density at radius 2 is 2.50 bits per heavy atom. The number of hydrogen-bond donors (Lipinski definition) is 3. The molecule has 5 nitrogen and oxygen atoms in total. The van der Waals surface area contributed by atoms with Gasteiger partial charge in [0.2, 0.25) is 0 Å². The number of furan rings is 1. The minimum absolute atomic E-state index is 0.115. The maximum absolute atomic E-state index is 11.2. The normalized spacial score (nSPS) is 10.1. The van der Waals surface area contributed by atoms with Gasteiger partial charge in [-0.05, 0) is 6.07 Å². The molecule has 0 fully saturated rings. The minimum atomic E-state index is -0.363. The van der Waals surface area contributed by atoms with Crippen LogP contribution < -0.4 is 11.3 Å². The Hall–Kier alpha value is -0.980. The molecule has 0 aliphatic carbocycles. The first-order valence-electron chi connectivity index (χ1n) is 4.05. The van der Waals surface area contributed by atoms with Gasteiger partial charge in [0.15, 0.2) is 0 Å². The van der Waals surface area contributed by atoms with E-state index in [1.54, 1.807) is 6.07 Å². The lowest BCUT2D eigenvalue weighted by atomic mass is 10.2. The van der Waals surface area contributed by atoms with Crippen LogP contribution in [0, 0.1) is 0 Å². The van der Waals surface area contributed by atoms with E-state index in [0.717, 1.165) is 0 Å². The fourth-order valence-corrected chi connectivity index (χ4v) is 1.64. The third-order valence-corrected chi connectivity index (χ3v) is 2.53. The van der Waals surface area contributed by atoms with Gasteiger partial charge in [0, 0.05) is 5.75 Å². The van der Waals surface area contributed by atoms with Crippen LogP contribution in [0.25, 0.3) is 0 Å². The number of aliphatic hydroxyl groups excluding tert-OH is 1. The van der Waals surface area contributed by atoms with E-state index in [9.17, 15) is 4.79 Å². The summed E-state index contributed by atoms with van der Waals surface area (Å²) in [5.41, 5.74) is 2.48. The van der Waals surface area contributed by atoms with E-state index in [2.05, 4.69) is 0 Å². The third kappa shape index (κ3) is 2.76. The highest BCUT2D eigenvalue weighted by molar-refractivity contribution is 7.98. The molecule has 0 saturated heterocycles. The van der Waals surface area contributed by atoms with Crippen LogP contribution in [0.5, 0.6) is 0 Å². The number of nitrogen functional groups attached to an aromatic ring is 1. The number of rotatable bonds is 5. The van der Waals surface area contributed by atoms with E-state index in [0.29, 0.717) is 22.8 Å². The van der Waals surface area contributed by atoms with Gasteiger partial charge in [0.25, 0.3) is 5.91 Å². The van der Waals surface area contributed by atoms with E-state index < -0.39 is 0 Å². The number of amides is 1. The molecule has 0 aromatic carbocycles. The van der Waals surface area contributed by atoms with E-state index in [1.807, 2.05) is 5.43 Å². The number of carbonyl (C=O) groups is 1. The average Bonchev–Trinajstić information content (AvgIpc) is 2.65. The fourth-order valence-electron chi connectivity index (χ4n) is 0.962. The molecule has 1 aromatic rings. The largest absolute Gasteiger partial charge is 0.468 e. The Labute approximate surface area is 85.6 Å². The fraction of sp³-hybridized carbons (Fsp3) is 0.375. The van der Waals surface area contributed by atoms with Gasteiger partial charge < -0.3 is 9.52 Å². The van der Waals surface area contributed by atoms with Gasteiger partial charge in [-0.2, -0.15) is 11.8 Å². The van der Waals surface area contributed by atoms with Gasteiger partial charge >= 0.3 is 0 Å². The summed E-state index contributed by atoms with van der Waals surface area (Å²) in [4.78, 5) is 11.2. The van der Waals surface area contributed by atoms with Crippen LogP contribution in [-0.2, 0) is 5.75 Å². The second-order valence-corrected chi connectivity index (χ2v) is 3.61. The molecule has 78 valence electrons. The second kappa shape index (κ2) is 5.69. The van der Waals surface area contributed by atoms with Crippen molar-refractivity contribution in [3.8, 4) is 0 Å². The number of nitrogens with two attached hydrogens (primary N) is 1. The maximum Gasteiger partial charge on any atom is 0.268 e. The summed E-state index contributed by atoms with van der Waals surface area (Å²) in [6.07, 6.45) is 1.44. The van der Waals surface area contributed by atoms with Crippen molar-refractivity contribution in [2.75, 3.05) is 12.4 Å². The van der Waals surface area contributed by atoms with Crippen molar-refractivity contribution in [2.24, 2.45) is 5.84 Å². The molecule has 0 saturated carbocycles. The molecule has 0 spiro atoms. The lowest BCUT2D eigenvalue weighted by Crippen LogP contribution is -2.30. The zero-order chi connectivity index (χ0) is 10.4. The number of nitrogens with one attached hydrogen (secondary N) is 1. The van der Waals surface area contributed by atoms with Crippen LogP contribution in [0.2, 0.25) is 0 Å². The highest BCUT2D eigenvalue weighted by Gasteiger charge is 2.12. The quantitative estimate of drug-likeness (QED) is 0.281. The predicted molar refractivity (Wildman–Crippen MR) is 53.6 cm³/mol. The summed E-state index contributed by atoms with van der Waals surface area (Å²) in [6.45, 7) is 0.115. The molecule has 4 N–H and O–H groups in total. The SMILES string of the molecule is NNC(=O)c1ccoc1CSCCO. The molecule has 0 aliphatic rings. The van der Waals surface area contributed by atoms with E-state index >= 15 is 0 Å². The molecular formula is C8H12N2O3S. The Balaban J connectivity index is 2.58. The van der Waals surface area contributed by atoms with Crippen LogP contribution in [0.1, 0.15) is 16.1 Å². The Morgan fingerprint density at radius 1 is 1.71 bits per heavy atom. The van der Waals surface area contributed by atoms with E-state index in [4.69, 9.17) is 15.4 Å². The van der Waals surface area contributed by atoms with Crippen LogP contribution in [0.4, 0.5) is 0 Å². The molecular weight excluding hydrogens is 204 g/mol. The summed E-state index contributed by atoms with van der Waals surface area (Å²) in [5.74, 6) is 6.38. The zero-order valence-corrected chi connectivity index (χ0v) is 8.34. The number of thioether (sulfide) groups is 1. The van der Waals surface area contributed by atoms with Crippen molar-refractivity contribution in [1.82, 2.24) is 5.43 Å². The molecule has 0 radical (unpaired) electrons. The van der Waals surface area contributed by atoms with Gasteiger partial charge in [-0.3, -0.25) is 10.2 Å². The van der Waals surface area contributed by atoms with Crippen LogP contribution in [-0.4, -0.2) is 23.4 Å². The first-order valence-corrected chi connectivity index (χ1v) is 5.21. The molecule has 6 heteroatoms. The Bertz CT molecular complexity index is 301. The van der Waals surface area contributed by atoms with Gasteiger partial charge in [0.1, 0.15) is 5.76 Å². The molecule has 0 atom stereocenters. The molecule has 14 heavy (non-hydrogen) atoms. The number of hydrazine groups is 1. The summed E-state index contributed by atoms with van der Waals surface area (Å²) in [6, 6.07) is 1.57. The summed E-state index contributed by atoms with van der Waals surface area (Å²) >= 11 is 1.49. The van der Waals surface area contributed by atoms with Gasteiger partial charge in [0.05, 0.1) is 24.2 Å². The van der Waals surface area contributed by atoms with Crippen molar-refractivity contribution in [3.63, 3.8) is 0 Å². The van der Waals surface area contributed by atoms with Crippen LogP contribution in [0.3, 0.4) is 0 Å². The highest BCUT2D eigenvalue weighted by atomic mass is 32.2. The lowest BCUT2D eigenvalue weighted by molar-refractivity contribution is 0.0952. The number of aliphatic hydroxyl groups is 1. The number of hydrogen-bond acceptors (Lipinski definition) is 5. The lowest BCUT2D eigenvalue weighted by Gasteiger charge is -2.00. The molecule has 1 rings (SSSR count). The topological polar surface area (TPSA) is 88.5 Å². The average molecular weight is 216 g/mol.